The Morgan fingerprint density at radius 1 is 0.577 bits per heavy atom. The lowest BCUT2D eigenvalue weighted by Gasteiger charge is -2.00. The molecule has 5 aromatic rings. The predicted molar refractivity (Wildman–Crippen MR) is 113 cm³/mol. The lowest BCUT2D eigenvalue weighted by molar-refractivity contribution is 1.01. The molecule has 0 radical (unpaired) electrons. The molecule has 0 saturated carbocycles. The first-order valence-electron chi connectivity index (χ1n) is 8.94. The number of hydrogen-bond donors (Lipinski definition) is 0. The molecule has 4 aromatic carbocycles. The van der Waals surface area contributed by atoms with E-state index < -0.39 is 0 Å². The summed E-state index contributed by atoms with van der Waals surface area (Å²) < 4.78 is 2.27. The highest BCUT2D eigenvalue weighted by Gasteiger charge is 2.07. The Balaban J connectivity index is 1.58. The van der Waals surface area contributed by atoms with Gasteiger partial charge in [-0.05, 0) is 46.2 Å². The minimum Gasteiger partial charge on any atom is -0.344 e. The zero-order valence-corrected chi connectivity index (χ0v) is 14.7. The maximum atomic E-state index is 2.29. The third-order valence-electron chi connectivity index (χ3n) is 5.18. The molecule has 0 atom stereocenters. The SMILES string of the molecule is Cn1c2ccccc2c2cc(/C=C/c3ccc4ccccc4c3)ccc21. The molecule has 0 unspecified atom stereocenters. The third-order valence-corrected chi connectivity index (χ3v) is 5.18. The van der Waals surface area contributed by atoms with E-state index >= 15 is 0 Å². The molecule has 1 heterocycles. The van der Waals surface area contributed by atoms with Gasteiger partial charge in [0.25, 0.3) is 0 Å². The molecule has 124 valence electrons. The Morgan fingerprint density at radius 2 is 1.23 bits per heavy atom. The van der Waals surface area contributed by atoms with Crippen LogP contribution >= 0.6 is 0 Å². The van der Waals surface area contributed by atoms with E-state index in [-0.39, 0.29) is 0 Å². The van der Waals surface area contributed by atoms with Crippen molar-refractivity contribution in [3.8, 4) is 0 Å². The summed E-state index contributed by atoms with van der Waals surface area (Å²) in [5.41, 5.74) is 5.00. The van der Waals surface area contributed by atoms with E-state index in [4.69, 9.17) is 0 Å². The van der Waals surface area contributed by atoms with Gasteiger partial charge in [-0.25, -0.2) is 0 Å². The number of aryl methyl sites for hydroxylation is 1. The molecule has 0 amide bonds. The number of aromatic nitrogens is 1. The average Bonchev–Trinajstić information content (AvgIpc) is 2.98. The smallest absolute Gasteiger partial charge is 0.0489 e. The summed E-state index contributed by atoms with van der Waals surface area (Å²) in [7, 11) is 2.13. The summed E-state index contributed by atoms with van der Waals surface area (Å²) in [4.78, 5) is 0. The fourth-order valence-corrected chi connectivity index (χ4v) is 3.79. The molecule has 26 heavy (non-hydrogen) atoms. The van der Waals surface area contributed by atoms with Crippen molar-refractivity contribution in [3.05, 3.63) is 96.1 Å². The fraction of sp³-hybridized carbons (Fsp3) is 0.0400. The van der Waals surface area contributed by atoms with E-state index in [0.717, 1.165) is 0 Å². The number of hydrogen-bond acceptors (Lipinski definition) is 0. The topological polar surface area (TPSA) is 4.93 Å². The number of para-hydroxylation sites is 1. The Kier molecular flexibility index (Phi) is 3.39. The quantitative estimate of drug-likeness (QED) is 0.318. The summed E-state index contributed by atoms with van der Waals surface area (Å²) in [5, 5.41) is 5.18. The van der Waals surface area contributed by atoms with E-state index in [2.05, 4.69) is 109 Å². The van der Waals surface area contributed by atoms with Gasteiger partial charge in [0.15, 0.2) is 0 Å². The van der Waals surface area contributed by atoms with Crippen LogP contribution in [0.15, 0.2) is 84.9 Å². The highest BCUT2D eigenvalue weighted by Crippen LogP contribution is 2.29. The van der Waals surface area contributed by atoms with Crippen molar-refractivity contribution in [1.82, 2.24) is 4.57 Å². The molecule has 0 aliphatic rings. The third kappa shape index (κ3) is 2.41. The number of fused-ring (bicyclic) bond motifs is 4. The summed E-state index contributed by atoms with van der Waals surface area (Å²) in [6.07, 6.45) is 4.39. The Hall–Kier alpha value is -3.32. The van der Waals surface area contributed by atoms with Crippen molar-refractivity contribution in [3.63, 3.8) is 0 Å². The van der Waals surface area contributed by atoms with Crippen molar-refractivity contribution < 1.29 is 0 Å². The normalized spacial score (nSPS) is 11.9. The Morgan fingerprint density at radius 3 is 2.12 bits per heavy atom. The van der Waals surface area contributed by atoms with Crippen LogP contribution in [0.5, 0.6) is 0 Å². The van der Waals surface area contributed by atoms with Crippen molar-refractivity contribution in [2.45, 2.75) is 0 Å². The Labute approximate surface area is 152 Å². The van der Waals surface area contributed by atoms with Gasteiger partial charge >= 0.3 is 0 Å². The average molecular weight is 333 g/mol. The van der Waals surface area contributed by atoms with E-state index in [0.29, 0.717) is 0 Å². The van der Waals surface area contributed by atoms with Crippen LogP contribution in [-0.4, -0.2) is 4.57 Å². The van der Waals surface area contributed by atoms with Crippen LogP contribution in [0.1, 0.15) is 11.1 Å². The summed E-state index contributed by atoms with van der Waals surface area (Å²) in [6.45, 7) is 0. The molecule has 1 heteroatoms. The molecular formula is C25H19N. The van der Waals surface area contributed by atoms with Crippen LogP contribution in [-0.2, 0) is 7.05 Å². The van der Waals surface area contributed by atoms with Crippen molar-refractivity contribution in [1.29, 1.82) is 0 Å². The first-order valence-corrected chi connectivity index (χ1v) is 8.94. The molecule has 0 aliphatic carbocycles. The van der Waals surface area contributed by atoms with Gasteiger partial charge in [0, 0.05) is 28.9 Å². The van der Waals surface area contributed by atoms with Gasteiger partial charge in [-0.2, -0.15) is 0 Å². The molecule has 0 fully saturated rings. The minimum atomic E-state index is 1.22. The molecule has 1 aromatic heterocycles. The van der Waals surface area contributed by atoms with Crippen LogP contribution in [0.3, 0.4) is 0 Å². The summed E-state index contributed by atoms with van der Waals surface area (Å²) in [5.74, 6) is 0. The van der Waals surface area contributed by atoms with Crippen LogP contribution in [0.25, 0.3) is 44.7 Å². The molecule has 0 N–H and O–H groups in total. The largest absolute Gasteiger partial charge is 0.344 e. The maximum absolute atomic E-state index is 2.29. The second-order valence-electron chi connectivity index (χ2n) is 6.79. The zero-order valence-electron chi connectivity index (χ0n) is 14.7. The van der Waals surface area contributed by atoms with Gasteiger partial charge in [0.05, 0.1) is 0 Å². The molecule has 0 saturated heterocycles. The lowest BCUT2D eigenvalue weighted by Crippen LogP contribution is -1.85. The van der Waals surface area contributed by atoms with Crippen molar-refractivity contribution >= 4 is 44.7 Å². The van der Waals surface area contributed by atoms with Crippen molar-refractivity contribution in [2.75, 3.05) is 0 Å². The van der Waals surface area contributed by atoms with Gasteiger partial charge < -0.3 is 4.57 Å². The molecule has 0 bridgehead atoms. The van der Waals surface area contributed by atoms with E-state index in [1.807, 2.05) is 0 Å². The van der Waals surface area contributed by atoms with Gasteiger partial charge in [-0.1, -0.05) is 72.8 Å². The maximum Gasteiger partial charge on any atom is 0.0489 e. The predicted octanol–water partition coefficient (Wildman–Crippen LogP) is 6.66. The number of rotatable bonds is 2. The number of nitrogens with zero attached hydrogens (tertiary/aromatic N) is 1. The van der Waals surface area contributed by atoms with Gasteiger partial charge in [0.2, 0.25) is 0 Å². The van der Waals surface area contributed by atoms with E-state index in [9.17, 15) is 0 Å². The van der Waals surface area contributed by atoms with Crippen LogP contribution in [0.4, 0.5) is 0 Å². The summed E-state index contributed by atoms with van der Waals surface area (Å²) >= 11 is 0. The van der Waals surface area contributed by atoms with Crippen LogP contribution in [0.2, 0.25) is 0 Å². The van der Waals surface area contributed by atoms with Gasteiger partial charge in [-0.3, -0.25) is 0 Å². The van der Waals surface area contributed by atoms with Crippen molar-refractivity contribution in [2.24, 2.45) is 7.05 Å². The lowest BCUT2D eigenvalue weighted by atomic mass is 10.1. The molecule has 0 spiro atoms. The number of benzene rings is 4. The second-order valence-corrected chi connectivity index (χ2v) is 6.79. The fourth-order valence-electron chi connectivity index (χ4n) is 3.79. The second kappa shape index (κ2) is 5.89. The highest BCUT2D eigenvalue weighted by molar-refractivity contribution is 6.08. The molecular weight excluding hydrogens is 314 g/mol. The first-order chi connectivity index (χ1) is 12.8. The standard InChI is InChI=1S/C25H19N/c1-26-24-9-5-4-8-22(24)23-17-19(13-15-25(23)26)11-10-18-12-14-20-6-2-3-7-21(20)16-18/h2-17H,1H3/b11-10+. The minimum absolute atomic E-state index is 1.22. The zero-order chi connectivity index (χ0) is 17.5. The molecule has 5 rings (SSSR count). The van der Waals surface area contributed by atoms with E-state index in [1.54, 1.807) is 0 Å². The molecule has 0 aliphatic heterocycles. The highest BCUT2D eigenvalue weighted by atomic mass is 14.9. The van der Waals surface area contributed by atoms with E-state index in [1.165, 1.54) is 43.7 Å². The van der Waals surface area contributed by atoms with Crippen LogP contribution < -0.4 is 0 Å². The van der Waals surface area contributed by atoms with Gasteiger partial charge in [0.1, 0.15) is 0 Å². The molecule has 1 nitrogen and oxygen atoms in total. The van der Waals surface area contributed by atoms with Gasteiger partial charge in [-0.15, -0.1) is 0 Å². The first kappa shape index (κ1) is 15.0. The van der Waals surface area contributed by atoms with Crippen LogP contribution in [0, 0.1) is 0 Å². The Bertz CT molecular complexity index is 1290. The monoisotopic (exact) mass is 333 g/mol. The summed E-state index contributed by atoms with van der Waals surface area (Å²) in [6, 6.07) is 30.4.